The van der Waals surface area contributed by atoms with Crippen molar-refractivity contribution in [2.24, 2.45) is 5.41 Å². The van der Waals surface area contributed by atoms with Gasteiger partial charge in [0, 0.05) is 0 Å². The molecule has 0 aliphatic heterocycles. The molecule has 0 saturated carbocycles. The van der Waals surface area contributed by atoms with E-state index in [0.717, 1.165) is 17.4 Å². The van der Waals surface area contributed by atoms with Crippen LogP contribution in [0, 0.1) is 5.41 Å². The zero-order valence-electron chi connectivity index (χ0n) is 17.5. The Morgan fingerprint density at radius 2 is 1.33 bits per heavy atom. The summed E-state index contributed by atoms with van der Waals surface area (Å²) in [6, 6.07) is 0. The van der Waals surface area contributed by atoms with Gasteiger partial charge in [-0.2, -0.15) is 0 Å². The minimum absolute atomic E-state index is 0.0620. The molecule has 0 aromatic carbocycles. The van der Waals surface area contributed by atoms with Crippen LogP contribution in [0.3, 0.4) is 0 Å². The Kier molecular flexibility index (Phi) is 12.4. The Labute approximate surface area is 151 Å². The summed E-state index contributed by atoms with van der Waals surface area (Å²) in [5.41, 5.74) is -0.353. The summed E-state index contributed by atoms with van der Waals surface area (Å²) in [7, 11) is 4.48. The molecule has 144 valence electrons. The van der Waals surface area contributed by atoms with Gasteiger partial charge in [-0.3, -0.25) is 4.79 Å². The number of rotatable bonds is 15. The Morgan fingerprint density at radius 1 is 0.833 bits per heavy atom. The average Bonchev–Trinajstić information content (AvgIpc) is 2.53. The van der Waals surface area contributed by atoms with Gasteiger partial charge in [0.2, 0.25) is 0 Å². The molecule has 3 nitrogen and oxygen atoms in total. The van der Waals surface area contributed by atoms with Gasteiger partial charge in [-0.05, 0) is 33.1 Å². The van der Waals surface area contributed by atoms with Gasteiger partial charge in [-0.1, -0.05) is 58.8 Å². The van der Waals surface area contributed by atoms with Crippen LogP contribution in [0.25, 0.3) is 0 Å². The van der Waals surface area contributed by atoms with Crippen molar-refractivity contribution in [3.05, 3.63) is 0 Å². The van der Waals surface area contributed by atoms with E-state index in [1.807, 2.05) is 20.8 Å². The summed E-state index contributed by atoms with van der Waals surface area (Å²) in [5, 5.41) is 0. The Morgan fingerprint density at radius 3 is 1.83 bits per heavy atom. The predicted molar refractivity (Wildman–Crippen MR) is 104 cm³/mol. The van der Waals surface area contributed by atoms with Crippen molar-refractivity contribution in [3.8, 4) is 0 Å². The van der Waals surface area contributed by atoms with E-state index in [1.54, 1.807) is 0 Å². The molecule has 0 aromatic heterocycles. The van der Waals surface area contributed by atoms with Gasteiger partial charge in [-0.25, -0.2) is 0 Å². The predicted octanol–water partition coefficient (Wildman–Crippen LogP) is 5.57. The average molecular weight is 343 g/mol. The van der Waals surface area contributed by atoms with Crippen molar-refractivity contribution in [2.45, 2.75) is 91.9 Å². The molecule has 0 spiro atoms. The molecule has 0 radical (unpaired) electrons. The first-order valence-corrected chi connectivity index (χ1v) is 10.2. The van der Waals surface area contributed by atoms with E-state index in [9.17, 15) is 4.79 Å². The maximum Gasteiger partial charge on any atom is 0.311 e. The maximum absolute atomic E-state index is 12.0. The minimum Gasteiger partial charge on any atom is -0.459 e. The van der Waals surface area contributed by atoms with E-state index in [0.29, 0.717) is 6.61 Å². The lowest BCUT2D eigenvalue weighted by Gasteiger charge is -2.30. The van der Waals surface area contributed by atoms with Gasteiger partial charge >= 0.3 is 5.97 Å². The van der Waals surface area contributed by atoms with Crippen molar-refractivity contribution in [3.63, 3.8) is 0 Å². The standard InChI is InChI=1S/C21H44NO2/c1-7-9-10-11-12-13-14-15-16-17-22(5,6)18-19-24-20(23)21(3,4)8-2/h7-19H2,1-6H3/q+1. The number of unbranched alkanes of at least 4 members (excludes halogenated alkanes) is 8. The SMILES string of the molecule is CCCCCCCCCCC[N+](C)(C)CCOC(=O)C(C)(C)CC. The van der Waals surface area contributed by atoms with Crippen molar-refractivity contribution in [1.29, 1.82) is 0 Å². The number of ether oxygens (including phenoxy) is 1. The summed E-state index contributed by atoms with van der Waals surface area (Å²) in [6.07, 6.45) is 13.1. The first kappa shape index (κ1) is 23.4. The van der Waals surface area contributed by atoms with Gasteiger partial charge in [0.15, 0.2) is 0 Å². The summed E-state index contributed by atoms with van der Waals surface area (Å²) in [5.74, 6) is -0.0620. The zero-order valence-corrected chi connectivity index (χ0v) is 17.5. The van der Waals surface area contributed by atoms with Crippen molar-refractivity contribution >= 4 is 5.97 Å². The molecule has 0 amide bonds. The molecule has 0 aromatic rings. The number of carbonyl (C=O) groups is 1. The van der Waals surface area contributed by atoms with Crippen LogP contribution in [0.15, 0.2) is 0 Å². The Balaban J connectivity index is 3.67. The van der Waals surface area contributed by atoms with Crippen LogP contribution in [0.4, 0.5) is 0 Å². The first-order chi connectivity index (χ1) is 11.2. The van der Waals surface area contributed by atoms with Crippen molar-refractivity contribution in [2.75, 3.05) is 33.8 Å². The first-order valence-electron chi connectivity index (χ1n) is 10.2. The maximum atomic E-state index is 12.0. The molecule has 0 unspecified atom stereocenters. The van der Waals surface area contributed by atoms with E-state index in [-0.39, 0.29) is 11.4 Å². The fourth-order valence-corrected chi connectivity index (χ4v) is 2.69. The molecule has 0 rings (SSSR count). The summed E-state index contributed by atoms with van der Waals surface area (Å²) in [4.78, 5) is 12.0. The third-order valence-electron chi connectivity index (χ3n) is 5.23. The molecule has 0 aliphatic rings. The lowest BCUT2D eigenvalue weighted by molar-refractivity contribution is -0.890. The fraction of sp³-hybridized carbons (Fsp3) is 0.952. The lowest BCUT2D eigenvalue weighted by atomic mass is 9.91. The minimum atomic E-state index is -0.353. The monoisotopic (exact) mass is 342 g/mol. The molecular weight excluding hydrogens is 298 g/mol. The number of quaternary nitrogens is 1. The highest BCUT2D eigenvalue weighted by atomic mass is 16.5. The number of hydrogen-bond acceptors (Lipinski definition) is 2. The topological polar surface area (TPSA) is 26.3 Å². The molecule has 0 saturated heterocycles. The molecule has 0 fully saturated rings. The molecule has 0 heterocycles. The highest BCUT2D eigenvalue weighted by Gasteiger charge is 2.27. The van der Waals surface area contributed by atoms with Gasteiger partial charge in [0.1, 0.15) is 13.2 Å². The highest BCUT2D eigenvalue weighted by molar-refractivity contribution is 5.75. The smallest absolute Gasteiger partial charge is 0.311 e. The second-order valence-corrected chi connectivity index (χ2v) is 8.58. The van der Waals surface area contributed by atoms with E-state index in [4.69, 9.17) is 4.74 Å². The summed E-state index contributed by atoms with van der Waals surface area (Å²) in [6.45, 7) is 10.8. The molecule has 24 heavy (non-hydrogen) atoms. The van der Waals surface area contributed by atoms with Gasteiger partial charge < -0.3 is 9.22 Å². The van der Waals surface area contributed by atoms with Gasteiger partial charge in [0.25, 0.3) is 0 Å². The quantitative estimate of drug-likeness (QED) is 0.221. The number of carbonyl (C=O) groups excluding carboxylic acids is 1. The fourth-order valence-electron chi connectivity index (χ4n) is 2.69. The zero-order chi connectivity index (χ0) is 18.5. The van der Waals surface area contributed by atoms with Crippen LogP contribution in [-0.4, -0.2) is 44.2 Å². The third-order valence-corrected chi connectivity index (χ3v) is 5.23. The Hall–Kier alpha value is -0.570. The van der Waals surface area contributed by atoms with E-state index >= 15 is 0 Å². The second-order valence-electron chi connectivity index (χ2n) is 8.58. The van der Waals surface area contributed by atoms with E-state index in [1.165, 1.54) is 64.3 Å². The van der Waals surface area contributed by atoms with Crippen LogP contribution >= 0.6 is 0 Å². The van der Waals surface area contributed by atoms with E-state index in [2.05, 4.69) is 21.0 Å². The third kappa shape index (κ3) is 11.9. The summed E-state index contributed by atoms with van der Waals surface area (Å²) >= 11 is 0. The van der Waals surface area contributed by atoms with E-state index < -0.39 is 0 Å². The molecule has 3 heteroatoms. The molecule has 0 aliphatic carbocycles. The highest BCUT2D eigenvalue weighted by Crippen LogP contribution is 2.21. The lowest BCUT2D eigenvalue weighted by Crippen LogP contribution is -2.43. The Bertz CT molecular complexity index is 324. The number of esters is 1. The van der Waals surface area contributed by atoms with Crippen LogP contribution < -0.4 is 0 Å². The van der Waals surface area contributed by atoms with Crippen LogP contribution in [0.5, 0.6) is 0 Å². The molecule has 0 bridgehead atoms. The molecular formula is C21H44NO2+. The van der Waals surface area contributed by atoms with Crippen LogP contribution in [-0.2, 0) is 9.53 Å². The van der Waals surface area contributed by atoms with Crippen molar-refractivity contribution < 1.29 is 14.0 Å². The molecule has 0 atom stereocenters. The van der Waals surface area contributed by atoms with Crippen molar-refractivity contribution in [1.82, 2.24) is 0 Å². The van der Waals surface area contributed by atoms with Gasteiger partial charge in [0.05, 0.1) is 26.1 Å². The second kappa shape index (κ2) is 12.7. The summed E-state index contributed by atoms with van der Waals surface area (Å²) < 4.78 is 6.41. The van der Waals surface area contributed by atoms with Crippen LogP contribution in [0.2, 0.25) is 0 Å². The number of likely N-dealkylation sites (N-methyl/N-ethyl adjacent to an activating group) is 1. The number of hydrogen-bond donors (Lipinski definition) is 0. The number of nitrogens with zero attached hydrogens (tertiary/aromatic N) is 1. The largest absolute Gasteiger partial charge is 0.459 e. The van der Waals surface area contributed by atoms with Crippen LogP contribution in [0.1, 0.15) is 91.9 Å². The van der Waals surface area contributed by atoms with Gasteiger partial charge in [-0.15, -0.1) is 0 Å². The molecule has 0 N–H and O–H groups in total. The normalized spacial score (nSPS) is 12.4.